The summed E-state index contributed by atoms with van der Waals surface area (Å²) in [6, 6.07) is 78.4. The van der Waals surface area contributed by atoms with E-state index >= 15 is 0 Å². The highest BCUT2D eigenvalue weighted by molar-refractivity contribution is 6.27. The summed E-state index contributed by atoms with van der Waals surface area (Å²) in [5.41, 5.74) is 19.7. The predicted octanol–water partition coefficient (Wildman–Crippen LogP) is 21.3. The molecule has 0 fully saturated rings. The van der Waals surface area contributed by atoms with E-state index in [1.54, 1.807) is 0 Å². The van der Waals surface area contributed by atoms with Gasteiger partial charge in [-0.05, 0) is 153 Å². The highest BCUT2D eigenvalue weighted by atomic mass is 15.1. The van der Waals surface area contributed by atoms with E-state index in [1.807, 2.05) is 0 Å². The lowest BCUT2D eigenvalue weighted by molar-refractivity contribution is 0.568. The molecule has 0 unspecified atom stereocenters. The van der Waals surface area contributed by atoms with E-state index in [9.17, 15) is 0 Å². The molecule has 0 spiro atoms. The molecule has 0 bridgehead atoms. The van der Waals surface area contributed by atoms with Crippen molar-refractivity contribution in [1.82, 2.24) is 4.57 Å². The smallest absolute Gasteiger partial charge is 0.0541 e. The van der Waals surface area contributed by atoms with Gasteiger partial charge in [-0.15, -0.1) is 0 Å². The molecule has 376 valence electrons. The first-order chi connectivity index (χ1) is 36.2. The molecule has 0 saturated carbocycles. The molecule has 12 rings (SSSR count). The number of hydrogen-bond donors (Lipinski definition) is 0. The zero-order chi connectivity index (χ0) is 53.1. The predicted molar refractivity (Wildman–Crippen MR) is 330 cm³/mol. The summed E-state index contributed by atoms with van der Waals surface area (Å²) in [4.78, 5) is 2.52. The van der Waals surface area contributed by atoms with Gasteiger partial charge in [0.05, 0.1) is 22.4 Å². The van der Waals surface area contributed by atoms with E-state index < -0.39 is 0 Å². The zero-order valence-corrected chi connectivity index (χ0v) is 46.5. The van der Waals surface area contributed by atoms with Gasteiger partial charge in [0.25, 0.3) is 0 Å². The topological polar surface area (TPSA) is 8.17 Å². The van der Waals surface area contributed by atoms with Gasteiger partial charge in [0.15, 0.2) is 0 Å². The molecule has 0 radical (unpaired) electrons. The molecule has 12 aromatic rings. The van der Waals surface area contributed by atoms with Crippen molar-refractivity contribution in [2.75, 3.05) is 4.90 Å². The van der Waals surface area contributed by atoms with Gasteiger partial charge in [-0.1, -0.05) is 235 Å². The summed E-state index contributed by atoms with van der Waals surface area (Å²) in [6.07, 6.45) is 0. The monoisotopic (exact) mass is 987 g/mol. The molecule has 0 aliphatic rings. The number of hydrogen-bond acceptors (Lipinski definition) is 1. The third-order valence-electron chi connectivity index (χ3n) is 16.1. The Kier molecular flexibility index (Phi) is 11.5. The van der Waals surface area contributed by atoms with Crippen molar-refractivity contribution in [3.05, 3.63) is 229 Å². The van der Waals surface area contributed by atoms with Crippen LogP contribution in [-0.2, 0) is 21.7 Å². The van der Waals surface area contributed by atoms with E-state index in [0.29, 0.717) is 0 Å². The lowest BCUT2D eigenvalue weighted by atomic mass is 9.79. The Morgan fingerprint density at radius 1 is 0.289 bits per heavy atom. The Bertz CT molecular complexity index is 4010. The number of fused-ring (bicyclic) bond motifs is 3. The minimum atomic E-state index is -0.00766. The van der Waals surface area contributed by atoms with Gasteiger partial charge >= 0.3 is 0 Å². The van der Waals surface area contributed by atoms with Gasteiger partial charge in [-0.3, -0.25) is 0 Å². The van der Waals surface area contributed by atoms with Crippen LogP contribution < -0.4 is 4.90 Å². The summed E-state index contributed by atoms with van der Waals surface area (Å²) < 4.78 is 2.50. The van der Waals surface area contributed by atoms with Crippen LogP contribution in [0.15, 0.2) is 206 Å². The van der Waals surface area contributed by atoms with Crippen LogP contribution in [0.3, 0.4) is 0 Å². The van der Waals surface area contributed by atoms with Crippen molar-refractivity contribution in [2.24, 2.45) is 0 Å². The Hall–Kier alpha value is -7.94. The van der Waals surface area contributed by atoms with Crippen LogP contribution in [0.1, 0.15) is 105 Å². The number of aromatic nitrogens is 1. The molecule has 2 heteroatoms. The van der Waals surface area contributed by atoms with Crippen molar-refractivity contribution in [3.8, 4) is 39.1 Å². The SMILES string of the molecule is CC(C)(C)c1cc(-c2cccc(N(c3cccc(-c4cc(C(C)(C)C)cc(C(C)(C)C)c4)c3)c3ccc4ccc5c(-n6c7ccccc7c7cc(-c8ccccc8)ccc76)ccc6ccc3c4c65)c2)cc(C(C)(C)C)c1. The van der Waals surface area contributed by atoms with E-state index in [0.717, 1.165) is 17.1 Å². The van der Waals surface area contributed by atoms with Crippen LogP contribution in [0.5, 0.6) is 0 Å². The molecule has 0 aliphatic carbocycles. The van der Waals surface area contributed by atoms with E-state index in [-0.39, 0.29) is 21.7 Å². The first-order valence-corrected chi connectivity index (χ1v) is 27.3. The highest BCUT2D eigenvalue weighted by Gasteiger charge is 2.26. The lowest BCUT2D eigenvalue weighted by Gasteiger charge is -2.29. The molecule has 76 heavy (non-hydrogen) atoms. The highest BCUT2D eigenvalue weighted by Crippen LogP contribution is 2.48. The summed E-state index contributed by atoms with van der Waals surface area (Å²) in [7, 11) is 0. The molecule has 1 aromatic heterocycles. The average molecular weight is 987 g/mol. The number of para-hydroxylation sites is 1. The third kappa shape index (κ3) is 8.62. The lowest BCUT2D eigenvalue weighted by Crippen LogP contribution is -2.16. The molecule has 11 aromatic carbocycles. The Labute approximate surface area is 450 Å². The summed E-state index contributed by atoms with van der Waals surface area (Å²) >= 11 is 0. The number of rotatable bonds is 7. The van der Waals surface area contributed by atoms with E-state index in [4.69, 9.17) is 0 Å². The minimum absolute atomic E-state index is 0.00766. The minimum Gasteiger partial charge on any atom is -0.310 e. The molecule has 0 aliphatic heterocycles. The first kappa shape index (κ1) is 49.0. The Balaban J connectivity index is 1.09. The van der Waals surface area contributed by atoms with Crippen LogP contribution in [-0.4, -0.2) is 4.57 Å². The van der Waals surface area contributed by atoms with Crippen molar-refractivity contribution in [3.63, 3.8) is 0 Å². The number of anilines is 3. The standard InChI is InChI=1S/C74H70N2/c1-71(2,3)55-38-53(39-56(45-55)72(4,5)6)50-22-18-24-59(42-50)75(60-25-19-23-51(43-60)54-40-57(73(7,8)9)46-58(41-54)74(10,11)12)66-35-30-48-29-34-63-67(36-31-49-28-33-62(66)69(48)70(49)63)76-65-27-17-16-26-61(65)64-44-52(32-37-68(64)76)47-20-14-13-15-21-47/h13-46H,1-12H3. The maximum atomic E-state index is 2.52. The molecule has 0 N–H and O–H groups in total. The van der Waals surface area contributed by atoms with Crippen molar-refractivity contribution < 1.29 is 0 Å². The average Bonchev–Trinajstić information content (AvgIpc) is 3.79. The summed E-state index contributed by atoms with van der Waals surface area (Å²) in [5, 5.41) is 9.98. The van der Waals surface area contributed by atoms with Crippen LogP contribution in [0, 0.1) is 0 Å². The maximum Gasteiger partial charge on any atom is 0.0541 e. The maximum absolute atomic E-state index is 2.52. The van der Waals surface area contributed by atoms with E-state index in [1.165, 1.54) is 115 Å². The second-order valence-electron chi connectivity index (χ2n) is 25.6. The third-order valence-corrected chi connectivity index (χ3v) is 16.1. The normalized spacial score (nSPS) is 12.7. The molecule has 2 nitrogen and oxygen atoms in total. The molecule has 1 heterocycles. The van der Waals surface area contributed by atoms with Gasteiger partial charge in [0.1, 0.15) is 0 Å². The fourth-order valence-electron chi connectivity index (χ4n) is 11.6. The quantitative estimate of drug-likeness (QED) is 0.145. The Morgan fingerprint density at radius 3 is 1.29 bits per heavy atom. The van der Waals surface area contributed by atoms with Crippen LogP contribution in [0.4, 0.5) is 17.1 Å². The molecule has 0 atom stereocenters. The van der Waals surface area contributed by atoms with Gasteiger partial charge in [0.2, 0.25) is 0 Å². The Morgan fingerprint density at radius 2 is 0.737 bits per heavy atom. The number of nitrogens with zero attached hydrogens (tertiary/aromatic N) is 2. The molecular weight excluding hydrogens is 917 g/mol. The molecule has 0 saturated heterocycles. The fourth-order valence-corrected chi connectivity index (χ4v) is 11.6. The van der Waals surface area contributed by atoms with E-state index in [2.05, 4.69) is 299 Å². The van der Waals surface area contributed by atoms with Gasteiger partial charge in [0, 0.05) is 32.9 Å². The van der Waals surface area contributed by atoms with Gasteiger partial charge < -0.3 is 9.47 Å². The molecule has 0 amide bonds. The van der Waals surface area contributed by atoms with Gasteiger partial charge in [-0.25, -0.2) is 0 Å². The van der Waals surface area contributed by atoms with Crippen molar-refractivity contribution in [1.29, 1.82) is 0 Å². The molecular formula is C74H70N2. The second kappa shape index (κ2) is 17.8. The van der Waals surface area contributed by atoms with Crippen LogP contribution in [0.2, 0.25) is 0 Å². The van der Waals surface area contributed by atoms with Crippen LogP contribution in [0.25, 0.3) is 93.2 Å². The summed E-state index contributed by atoms with van der Waals surface area (Å²) in [5.74, 6) is 0. The fraction of sp³-hybridized carbons (Fsp3) is 0.216. The van der Waals surface area contributed by atoms with Crippen molar-refractivity contribution >= 4 is 71.2 Å². The van der Waals surface area contributed by atoms with Gasteiger partial charge in [-0.2, -0.15) is 0 Å². The largest absolute Gasteiger partial charge is 0.310 e. The van der Waals surface area contributed by atoms with Crippen molar-refractivity contribution in [2.45, 2.75) is 105 Å². The summed E-state index contributed by atoms with van der Waals surface area (Å²) in [6.45, 7) is 27.9. The first-order valence-electron chi connectivity index (χ1n) is 27.3. The number of benzene rings is 11. The van der Waals surface area contributed by atoms with Crippen LogP contribution >= 0.6 is 0 Å². The zero-order valence-electron chi connectivity index (χ0n) is 46.5. The second-order valence-corrected chi connectivity index (χ2v) is 25.6.